The van der Waals surface area contributed by atoms with Crippen LogP contribution in [0.3, 0.4) is 0 Å². The molecule has 0 amide bonds. The summed E-state index contributed by atoms with van der Waals surface area (Å²) in [7, 11) is 0. The van der Waals surface area contributed by atoms with E-state index in [1.807, 2.05) is 12.1 Å². The van der Waals surface area contributed by atoms with E-state index in [1.165, 1.54) is 32.1 Å². The highest BCUT2D eigenvalue weighted by molar-refractivity contribution is 5.42. The summed E-state index contributed by atoms with van der Waals surface area (Å²) in [5, 5.41) is 11.0. The van der Waals surface area contributed by atoms with Crippen molar-refractivity contribution in [3.05, 3.63) is 23.9 Å². The van der Waals surface area contributed by atoms with Crippen LogP contribution in [-0.2, 0) is 0 Å². The summed E-state index contributed by atoms with van der Waals surface area (Å²) >= 11 is 0. The quantitative estimate of drug-likeness (QED) is 0.889. The number of aromatic nitrogens is 1. The number of aliphatic hydroxyl groups is 1. The molecule has 1 unspecified atom stereocenters. The molecule has 2 aliphatic rings. The van der Waals surface area contributed by atoms with Crippen LogP contribution < -0.4 is 5.73 Å². The molecule has 0 bridgehead atoms. The van der Waals surface area contributed by atoms with Gasteiger partial charge in [-0.2, -0.15) is 0 Å². The summed E-state index contributed by atoms with van der Waals surface area (Å²) in [6, 6.07) is 3.80. The van der Waals surface area contributed by atoms with Crippen molar-refractivity contribution in [3.63, 3.8) is 0 Å². The Hall–Kier alpha value is -1.13. The molecule has 1 saturated heterocycles. The van der Waals surface area contributed by atoms with Crippen molar-refractivity contribution in [1.82, 2.24) is 9.88 Å². The van der Waals surface area contributed by atoms with Crippen LogP contribution in [0.15, 0.2) is 18.3 Å². The summed E-state index contributed by atoms with van der Waals surface area (Å²) in [4.78, 5) is 6.68. The molecule has 1 atom stereocenters. The molecule has 0 radical (unpaired) electrons. The highest BCUT2D eigenvalue weighted by Gasteiger charge is 2.46. The number of nitrogens with two attached hydrogens (primary N) is 1. The first-order chi connectivity index (χ1) is 9.74. The van der Waals surface area contributed by atoms with Crippen LogP contribution in [0, 0.1) is 0 Å². The first-order valence-electron chi connectivity index (χ1n) is 7.87. The highest BCUT2D eigenvalue weighted by atomic mass is 16.3. The number of aliphatic hydroxyl groups excluding tert-OH is 1. The van der Waals surface area contributed by atoms with E-state index >= 15 is 0 Å². The van der Waals surface area contributed by atoms with Gasteiger partial charge in [-0.15, -0.1) is 0 Å². The predicted octanol–water partition coefficient (Wildman–Crippen LogP) is 2.50. The fraction of sp³-hybridized carbons (Fsp3) is 0.688. The van der Waals surface area contributed by atoms with Crippen LogP contribution in [0.5, 0.6) is 0 Å². The van der Waals surface area contributed by atoms with E-state index in [-0.39, 0.29) is 5.54 Å². The fourth-order valence-electron chi connectivity index (χ4n) is 4.04. The summed E-state index contributed by atoms with van der Waals surface area (Å²) in [5.74, 6) is 0.475. The Labute approximate surface area is 121 Å². The molecule has 3 rings (SSSR count). The largest absolute Gasteiger partial charge is 0.386 e. The van der Waals surface area contributed by atoms with E-state index in [0.717, 1.165) is 31.5 Å². The summed E-state index contributed by atoms with van der Waals surface area (Å²) in [6.45, 7) is 2.22. The van der Waals surface area contributed by atoms with Crippen molar-refractivity contribution in [2.24, 2.45) is 0 Å². The Bertz CT molecular complexity index is 451. The third-order valence-corrected chi connectivity index (χ3v) is 5.13. The van der Waals surface area contributed by atoms with Gasteiger partial charge >= 0.3 is 0 Å². The molecule has 1 aromatic rings. The normalized spacial score (nSPS) is 24.6. The van der Waals surface area contributed by atoms with Gasteiger partial charge in [0, 0.05) is 11.8 Å². The van der Waals surface area contributed by atoms with Crippen molar-refractivity contribution in [2.45, 2.75) is 56.6 Å². The highest BCUT2D eigenvalue weighted by Crippen LogP contribution is 2.46. The number of nitrogen functional groups attached to an aromatic ring is 1. The molecule has 1 saturated carbocycles. The monoisotopic (exact) mass is 275 g/mol. The third kappa shape index (κ3) is 2.31. The topological polar surface area (TPSA) is 62.4 Å². The molecule has 1 aliphatic carbocycles. The SMILES string of the molecule is Nc1ncccc1C(O)C1(N2CCCCC2)CCCC1. The van der Waals surface area contributed by atoms with Gasteiger partial charge in [0.15, 0.2) is 0 Å². The van der Waals surface area contributed by atoms with Gasteiger partial charge in [-0.1, -0.05) is 25.3 Å². The lowest BCUT2D eigenvalue weighted by atomic mass is 9.83. The Balaban J connectivity index is 1.91. The number of pyridine rings is 1. The molecule has 0 aromatic carbocycles. The van der Waals surface area contributed by atoms with E-state index < -0.39 is 6.10 Å². The van der Waals surface area contributed by atoms with Gasteiger partial charge in [-0.25, -0.2) is 4.98 Å². The Morgan fingerprint density at radius 2 is 1.85 bits per heavy atom. The first kappa shape index (κ1) is 13.8. The van der Waals surface area contributed by atoms with Crippen LogP contribution in [0.1, 0.15) is 56.6 Å². The maximum absolute atomic E-state index is 11.0. The number of piperidine rings is 1. The molecule has 4 heteroatoms. The smallest absolute Gasteiger partial charge is 0.129 e. The van der Waals surface area contributed by atoms with Gasteiger partial charge in [0.25, 0.3) is 0 Å². The van der Waals surface area contributed by atoms with Crippen molar-refractivity contribution in [1.29, 1.82) is 0 Å². The van der Waals surface area contributed by atoms with Gasteiger partial charge in [0.2, 0.25) is 0 Å². The van der Waals surface area contributed by atoms with Gasteiger partial charge in [0.1, 0.15) is 11.9 Å². The number of likely N-dealkylation sites (tertiary alicyclic amines) is 1. The summed E-state index contributed by atoms with van der Waals surface area (Å²) < 4.78 is 0. The summed E-state index contributed by atoms with van der Waals surface area (Å²) in [5.41, 5.74) is 6.68. The van der Waals surface area contributed by atoms with Crippen LogP contribution in [-0.4, -0.2) is 33.6 Å². The second kappa shape index (κ2) is 5.70. The lowest BCUT2D eigenvalue weighted by Crippen LogP contribution is -2.53. The number of nitrogens with zero attached hydrogens (tertiary/aromatic N) is 2. The lowest BCUT2D eigenvalue weighted by Gasteiger charge is -2.46. The molecule has 4 nitrogen and oxygen atoms in total. The van der Waals surface area contributed by atoms with Crippen LogP contribution in [0.4, 0.5) is 5.82 Å². The lowest BCUT2D eigenvalue weighted by molar-refractivity contribution is -0.0402. The predicted molar refractivity (Wildman–Crippen MR) is 80.2 cm³/mol. The standard InChI is InChI=1S/C16H25N3O/c17-15-13(7-6-10-18-15)14(20)16(8-2-3-9-16)19-11-4-1-5-12-19/h6-7,10,14,20H,1-5,8-9,11-12H2,(H2,17,18). The molecule has 2 heterocycles. The molecule has 2 fully saturated rings. The number of hydrogen-bond donors (Lipinski definition) is 2. The molecule has 1 aliphatic heterocycles. The maximum atomic E-state index is 11.0. The zero-order chi connectivity index (χ0) is 14.0. The number of anilines is 1. The molecule has 110 valence electrons. The average molecular weight is 275 g/mol. The Morgan fingerprint density at radius 3 is 2.50 bits per heavy atom. The van der Waals surface area contributed by atoms with E-state index in [0.29, 0.717) is 5.82 Å². The van der Waals surface area contributed by atoms with Crippen molar-refractivity contribution in [2.75, 3.05) is 18.8 Å². The van der Waals surface area contributed by atoms with Gasteiger partial charge in [-0.05, 0) is 44.8 Å². The zero-order valence-corrected chi connectivity index (χ0v) is 12.1. The van der Waals surface area contributed by atoms with Crippen molar-refractivity contribution in [3.8, 4) is 0 Å². The van der Waals surface area contributed by atoms with Crippen molar-refractivity contribution < 1.29 is 5.11 Å². The fourth-order valence-corrected chi connectivity index (χ4v) is 4.04. The van der Waals surface area contributed by atoms with E-state index in [9.17, 15) is 5.11 Å². The second-order valence-corrected chi connectivity index (χ2v) is 6.24. The van der Waals surface area contributed by atoms with E-state index in [1.54, 1.807) is 6.20 Å². The van der Waals surface area contributed by atoms with Gasteiger partial charge in [0.05, 0.1) is 5.54 Å². The van der Waals surface area contributed by atoms with Crippen molar-refractivity contribution >= 4 is 5.82 Å². The maximum Gasteiger partial charge on any atom is 0.129 e. The van der Waals surface area contributed by atoms with Gasteiger partial charge in [-0.3, -0.25) is 4.90 Å². The third-order valence-electron chi connectivity index (χ3n) is 5.13. The van der Waals surface area contributed by atoms with E-state index in [4.69, 9.17) is 5.73 Å². The molecule has 3 N–H and O–H groups in total. The van der Waals surface area contributed by atoms with Crippen LogP contribution >= 0.6 is 0 Å². The minimum Gasteiger partial charge on any atom is -0.386 e. The Morgan fingerprint density at radius 1 is 1.15 bits per heavy atom. The molecular formula is C16H25N3O. The summed E-state index contributed by atoms with van der Waals surface area (Å²) in [6.07, 6.45) is 9.53. The molecule has 0 spiro atoms. The number of hydrogen-bond acceptors (Lipinski definition) is 4. The molecule has 20 heavy (non-hydrogen) atoms. The van der Waals surface area contributed by atoms with E-state index in [2.05, 4.69) is 9.88 Å². The van der Waals surface area contributed by atoms with Crippen LogP contribution in [0.25, 0.3) is 0 Å². The molecule has 1 aromatic heterocycles. The minimum atomic E-state index is -0.517. The minimum absolute atomic E-state index is 0.114. The first-order valence-corrected chi connectivity index (χ1v) is 7.87. The van der Waals surface area contributed by atoms with Gasteiger partial charge < -0.3 is 10.8 Å². The second-order valence-electron chi connectivity index (χ2n) is 6.24. The zero-order valence-electron chi connectivity index (χ0n) is 12.1. The Kier molecular flexibility index (Phi) is 3.94. The average Bonchev–Trinajstić information content (AvgIpc) is 2.99. The van der Waals surface area contributed by atoms with Crippen LogP contribution in [0.2, 0.25) is 0 Å². The molecular weight excluding hydrogens is 250 g/mol. The number of rotatable bonds is 3.